The first-order valence-electron chi connectivity index (χ1n) is 1.03. The number of rotatable bonds is 2. The van der Waals surface area contributed by atoms with E-state index >= 15 is 0 Å². The highest BCUT2D eigenvalue weighted by Crippen LogP contribution is 1.75. The van der Waals surface area contributed by atoms with Crippen LogP contribution in [0.3, 0.4) is 0 Å². The van der Waals surface area contributed by atoms with Crippen molar-refractivity contribution in [2.24, 2.45) is 0 Å². The Labute approximate surface area is 43.6 Å². The molecule has 0 saturated carbocycles. The highest BCUT2D eigenvalue weighted by atomic mass is 127. The van der Waals surface area contributed by atoms with Gasteiger partial charge in [-0.25, -0.2) is 0 Å². The van der Waals surface area contributed by atoms with Crippen LogP contribution in [0, 0.1) is 0 Å². The molecule has 0 aliphatic rings. The molecule has 0 aromatic rings. The zero-order valence-corrected chi connectivity index (χ0v) is 4.64. The Kier molecular flexibility index (Phi) is 4.37. The Morgan fingerprint density at radius 2 is 2.60 bits per heavy atom. The van der Waals surface area contributed by atoms with Crippen LogP contribution in [0.25, 0.3) is 0 Å². The summed E-state index contributed by atoms with van der Waals surface area (Å²) >= 11 is 1.93. The first-order chi connectivity index (χ1) is 2.41. The minimum atomic E-state index is 0.423. The largest absolute Gasteiger partial charge is 0.457 e. The third-order valence-corrected chi connectivity index (χ3v) is 0.491. The van der Waals surface area contributed by atoms with E-state index in [9.17, 15) is 4.79 Å². The fraction of sp³-hybridized carbons (Fsp3) is 0.500. The standard InChI is InChI=1S/C2H3IO2/c3-1-5-2-4/h2H,1H2. The van der Waals surface area contributed by atoms with Crippen molar-refractivity contribution in [3.05, 3.63) is 0 Å². The molecular weight excluding hydrogens is 183 g/mol. The van der Waals surface area contributed by atoms with Crippen LogP contribution < -0.4 is 0 Å². The molecule has 0 aliphatic carbocycles. The van der Waals surface area contributed by atoms with Gasteiger partial charge in [0.25, 0.3) is 6.47 Å². The molecule has 0 radical (unpaired) electrons. The van der Waals surface area contributed by atoms with Crippen LogP contribution in [-0.4, -0.2) is 11.1 Å². The highest BCUT2D eigenvalue weighted by molar-refractivity contribution is 14.1. The summed E-state index contributed by atoms with van der Waals surface area (Å²) in [6.07, 6.45) is 0. The predicted molar refractivity (Wildman–Crippen MR) is 26.0 cm³/mol. The number of hydrogen-bond acceptors (Lipinski definition) is 2. The molecule has 0 rings (SSSR count). The summed E-state index contributed by atoms with van der Waals surface area (Å²) in [6, 6.07) is 0. The molecule has 0 fully saturated rings. The molecule has 2 nitrogen and oxygen atoms in total. The topological polar surface area (TPSA) is 26.3 Å². The van der Waals surface area contributed by atoms with Gasteiger partial charge in [-0.2, -0.15) is 0 Å². The Morgan fingerprint density at radius 3 is 2.60 bits per heavy atom. The van der Waals surface area contributed by atoms with E-state index in [0.717, 1.165) is 0 Å². The summed E-state index contributed by atoms with van der Waals surface area (Å²) in [4.78, 5) is 9.18. The highest BCUT2D eigenvalue weighted by Gasteiger charge is 1.62. The number of ether oxygens (including phenoxy) is 1. The minimum Gasteiger partial charge on any atom is -0.457 e. The second-order valence-corrected chi connectivity index (χ2v) is 0.995. The smallest absolute Gasteiger partial charge is 0.293 e. The van der Waals surface area contributed by atoms with Crippen molar-refractivity contribution in [2.75, 3.05) is 4.61 Å². The summed E-state index contributed by atoms with van der Waals surface area (Å²) < 4.78 is 4.59. The lowest BCUT2D eigenvalue weighted by molar-refractivity contribution is -0.126. The average molecular weight is 186 g/mol. The lowest BCUT2D eigenvalue weighted by Gasteiger charge is -1.78. The Balaban J connectivity index is 2.40. The van der Waals surface area contributed by atoms with Gasteiger partial charge in [0.15, 0.2) is 0 Å². The minimum absolute atomic E-state index is 0.423. The van der Waals surface area contributed by atoms with Gasteiger partial charge in [0.1, 0.15) is 4.61 Å². The van der Waals surface area contributed by atoms with Crippen LogP contribution in [0.5, 0.6) is 0 Å². The number of carbonyl (C=O) groups is 1. The quantitative estimate of drug-likeness (QED) is 0.357. The second kappa shape index (κ2) is 4.20. The summed E-state index contributed by atoms with van der Waals surface area (Å²) in [5.41, 5.74) is 0. The van der Waals surface area contributed by atoms with E-state index in [-0.39, 0.29) is 0 Å². The van der Waals surface area contributed by atoms with Gasteiger partial charge in [0.05, 0.1) is 0 Å². The molecule has 0 heterocycles. The molecule has 30 valence electrons. The van der Waals surface area contributed by atoms with Crippen molar-refractivity contribution in [1.82, 2.24) is 0 Å². The molecular formula is C2H3IO2. The number of alkyl halides is 1. The molecule has 5 heavy (non-hydrogen) atoms. The maximum atomic E-state index is 9.18. The number of halogens is 1. The van der Waals surface area contributed by atoms with Crippen molar-refractivity contribution in [2.45, 2.75) is 0 Å². The molecule has 0 N–H and O–H groups in total. The van der Waals surface area contributed by atoms with E-state index in [2.05, 4.69) is 4.74 Å². The zero-order chi connectivity index (χ0) is 4.12. The van der Waals surface area contributed by atoms with E-state index in [1.807, 2.05) is 22.6 Å². The first-order valence-corrected chi connectivity index (χ1v) is 2.55. The van der Waals surface area contributed by atoms with E-state index in [1.54, 1.807) is 0 Å². The van der Waals surface area contributed by atoms with Gasteiger partial charge >= 0.3 is 0 Å². The Hall–Kier alpha value is 0.200. The van der Waals surface area contributed by atoms with E-state index < -0.39 is 0 Å². The monoisotopic (exact) mass is 186 g/mol. The zero-order valence-electron chi connectivity index (χ0n) is 2.48. The summed E-state index contributed by atoms with van der Waals surface area (Å²) in [6.45, 7) is 0.423. The van der Waals surface area contributed by atoms with Crippen molar-refractivity contribution < 1.29 is 9.53 Å². The average Bonchev–Trinajstić information content (AvgIpc) is 1.41. The molecule has 0 bridgehead atoms. The molecule has 0 unspecified atom stereocenters. The lowest BCUT2D eigenvalue weighted by Crippen LogP contribution is -1.76. The predicted octanol–water partition coefficient (Wildman–Crippen LogP) is 0.552. The van der Waals surface area contributed by atoms with Gasteiger partial charge in [0.2, 0.25) is 0 Å². The maximum Gasteiger partial charge on any atom is 0.293 e. The van der Waals surface area contributed by atoms with E-state index in [4.69, 9.17) is 0 Å². The molecule has 0 saturated heterocycles. The third-order valence-electron chi connectivity index (χ3n) is 0.131. The van der Waals surface area contributed by atoms with Gasteiger partial charge in [-0.3, -0.25) is 4.79 Å². The lowest BCUT2D eigenvalue weighted by atomic mass is 11.5. The normalized spacial score (nSPS) is 6.60. The molecule has 0 amide bonds. The van der Waals surface area contributed by atoms with E-state index in [0.29, 0.717) is 11.1 Å². The molecule has 0 aromatic heterocycles. The third kappa shape index (κ3) is 4.20. The SMILES string of the molecule is O=COCI. The summed E-state index contributed by atoms with van der Waals surface area (Å²) in [5, 5.41) is 0. The molecule has 0 aliphatic heterocycles. The van der Waals surface area contributed by atoms with Crippen LogP contribution in [-0.2, 0) is 9.53 Å². The van der Waals surface area contributed by atoms with Gasteiger partial charge in [0, 0.05) is 0 Å². The van der Waals surface area contributed by atoms with Gasteiger partial charge in [-0.05, 0) is 22.6 Å². The summed E-state index contributed by atoms with van der Waals surface area (Å²) in [5.74, 6) is 0. The molecule has 0 aromatic carbocycles. The van der Waals surface area contributed by atoms with Crippen molar-refractivity contribution in [3.8, 4) is 0 Å². The van der Waals surface area contributed by atoms with Crippen LogP contribution >= 0.6 is 22.6 Å². The summed E-state index contributed by atoms with van der Waals surface area (Å²) in [7, 11) is 0. The fourth-order valence-corrected chi connectivity index (χ4v) is 0.173. The van der Waals surface area contributed by atoms with Crippen LogP contribution in [0.4, 0.5) is 0 Å². The number of carbonyl (C=O) groups excluding carboxylic acids is 1. The molecule has 3 heteroatoms. The maximum absolute atomic E-state index is 9.18. The second-order valence-electron chi connectivity index (χ2n) is 0.372. The van der Waals surface area contributed by atoms with Crippen molar-refractivity contribution in [3.63, 3.8) is 0 Å². The van der Waals surface area contributed by atoms with Gasteiger partial charge in [-0.1, -0.05) is 0 Å². The molecule has 0 spiro atoms. The number of hydrogen-bond donors (Lipinski definition) is 0. The Morgan fingerprint density at radius 1 is 2.00 bits per heavy atom. The van der Waals surface area contributed by atoms with Crippen LogP contribution in [0.1, 0.15) is 0 Å². The molecule has 0 atom stereocenters. The van der Waals surface area contributed by atoms with Crippen molar-refractivity contribution >= 4 is 29.1 Å². The van der Waals surface area contributed by atoms with Gasteiger partial charge in [-0.15, -0.1) is 0 Å². The fourth-order valence-electron chi connectivity index (χ4n) is 0.0257. The van der Waals surface area contributed by atoms with Crippen LogP contribution in [0.2, 0.25) is 0 Å². The van der Waals surface area contributed by atoms with Crippen molar-refractivity contribution in [1.29, 1.82) is 0 Å². The van der Waals surface area contributed by atoms with Crippen LogP contribution in [0.15, 0.2) is 0 Å². The Bertz CT molecular complexity index is 28.8. The van der Waals surface area contributed by atoms with E-state index in [1.165, 1.54) is 0 Å². The van der Waals surface area contributed by atoms with Gasteiger partial charge < -0.3 is 4.74 Å². The first kappa shape index (κ1) is 5.20.